The summed E-state index contributed by atoms with van der Waals surface area (Å²) < 4.78 is 88.2. The number of rotatable bonds is 3. The third-order valence-corrected chi connectivity index (χ3v) is 6.11. The number of benzene rings is 3. The van der Waals surface area contributed by atoms with E-state index in [0.717, 1.165) is 0 Å². The van der Waals surface area contributed by atoms with Crippen molar-refractivity contribution in [2.75, 3.05) is 0 Å². The van der Waals surface area contributed by atoms with Crippen molar-refractivity contribution >= 4 is 16.7 Å². The van der Waals surface area contributed by atoms with Crippen molar-refractivity contribution in [3.8, 4) is 36.4 Å². The van der Waals surface area contributed by atoms with Crippen molar-refractivity contribution < 1.29 is 26.3 Å². The lowest BCUT2D eigenvalue weighted by Gasteiger charge is -2.04. The molecule has 1 aliphatic carbocycles. The molecule has 12 heteroatoms. The zero-order chi connectivity index (χ0) is 32.9. The molecule has 0 aliphatic heterocycles. The van der Waals surface area contributed by atoms with Crippen molar-refractivity contribution in [1.82, 2.24) is 0 Å². The Kier molecular flexibility index (Phi) is 9.38. The smallest absolute Gasteiger partial charge is 0.141 e. The van der Waals surface area contributed by atoms with Crippen LogP contribution in [0.1, 0.15) is 47.2 Å². The molecule has 0 spiro atoms. The number of halogens is 6. The molecule has 212 valence electrons. The van der Waals surface area contributed by atoms with Crippen molar-refractivity contribution in [1.29, 1.82) is 31.6 Å². The predicted octanol–water partition coefficient (Wildman–Crippen LogP) is 7.41. The van der Waals surface area contributed by atoms with E-state index < -0.39 is 102 Å². The average molecular weight is 594 g/mol. The molecule has 44 heavy (non-hydrogen) atoms. The SMILES string of the molecule is CC.N#CC(=C1C(=C(C#N)c2cc(F)c(C#N)cc2F)C1=C(C#N)c1cc(F)c(C#N)cc1F)c1cc(F)c(C#N)cc1F. The summed E-state index contributed by atoms with van der Waals surface area (Å²) in [7, 11) is 0. The Bertz CT molecular complexity index is 1860. The van der Waals surface area contributed by atoms with Gasteiger partial charge in [-0.3, -0.25) is 0 Å². The Balaban J connectivity index is 0.00000259. The lowest BCUT2D eigenvalue weighted by Crippen LogP contribution is -1.95. The van der Waals surface area contributed by atoms with Gasteiger partial charge < -0.3 is 0 Å². The highest BCUT2D eigenvalue weighted by molar-refractivity contribution is 6.12. The third-order valence-electron chi connectivity index (χ3n) is 6.11. The Hall–Kier alpha value is -6.60. The van der Waals surface area contributed by atoms with E-state index in [1.54, 1.807) is 18.2 Å². The van der Waals surface area contributed by atoms with Gasteiger partial charge in [-0.25, -0.2) is 26.3 Å². The largest absolute Gasteiger partial charge is 0.206 e. The van der Waals surface area contributed by atoms with Crippen LogP contribution in [0, 0.1) is 103 Å². The molecule has 4 rings (SSSR count). The molecule has 0 heterocycles. The van der Waals surface area contributed by atoms with Gasteiger partial charge in [0.05, 0.1) is 33.4 Å². The molecule has 0 N–H and O–H groups in total. The zero-order valence-electron chi connectivity index (χ0n) is 22.4. The molecule has 1 aliphatic rings. The van der Waals surface area contributed by atoms with E-state index in [0.29, 0.717) is 36.4 Å². The first-order chi connectivity index (χ1) is 21.1. The fourth-order valence-corrected chi connectivity index (χ4v) is 4.16. The van der Waals surface area contributed by atoms with Crippen LogP contribution in [0.25, 0.3) is 16.7 Å². The van der Waals surface area contributed by atoms with Gasteiger partial charge in [-0.2, -0.15) is 31.6 Å². The summed E-state index contributed by atoms with van der Waals surface area (Å²) in [6.07, 6.45) is 0. The molecule has 0 saturated heterocycles. The molecule has 3 aromatic rings. The van der Waals surface area contributed by atoms with Gasteiger partial charge in [-0.05, 0) is 36.4 Å². The number of hydrogen-bond acceptors (Lipinski definition) is 6. The summed E-state index contributed by atoms with van der Waals surface area (Å²) in [5.74, 6) is -7.61. The normalized spacial score (nSPS) is 10.9. The molecule has 0 amide bonds. The van der Waals surface area contributed by atoms with E-state index in [9.17, 15) is 42.1 Å². The Morgan fingerprint density at radius 2 is 0.636 bits per heavy atom. The lowest BCUT2D eigenvalue weighted by atomic mass is 10.0. The van der Waals surface area contributed by atoms with Crippen LogP contribution in [0.2, 0.25) is 0 Å². The molecule has 1 fully saturated rings. The second-order valence-corrected chi connectivity index (χ2v) is 8.36. The van der Waals surface area contributed by atoms with Crippen molar-refractivity contribution in [3.63, 3.8) is 0 Å². The Morgan fingerprint density at radius 1 is 0.409 bits per heavy atom. The maximum absolute atomic E-state index is 15.0. The maximum atomic E-state index is 15.0. The molecule has 6 nitrogen and oxygen atoms in total. The van der Waals surface area contributed by atoms with Gasteiger partial charge in [0.1, 0.15) is 71.3 Å². The summed E-state index contributed by atoms with van der Waals surface area (Å²) in [4.78, 5) is 0. The molecule has 0 atom stereocenters. The summed E-state index contributed by atoms with van der Waals surface area (Å²) in [5, 5.41) is 56.7. The van der Waals surface area contributed by atoms with Crippen molar-refractivity contribution in [2.24, 2.45) is 0 Å². The molecule has 0 aromatic heterocycles. The zero-order valence-corrected chi connectivity index (χ0v) is 22.4. The Morgan fingerprint density at radius 3 is 0.818 bits per heavy atom. The molecule has 0 radical (unpaired) electrons. The van der Waals surface area contributed by atoms with Gasteiger partial charge in [0.25, 0.3) is 0 Å². The first-order valence-corrected chi connectivity index (χ1v) is 12.2. The summed E-state index contributed by atoms with van der Waals surface area (Å²) in [5.41, 5.74) is -8.13. The van der Waals surface area contributed by atoms with Crippen LogP contribution < -0.4 is 0 Å². The number of allylic oxidation sites excluding steroid dienone is 6. The molecule has 0 unspecified atom stereocenters. The molecule has 1 saturated carbocycles. The topological polar surface area (TPSA) is 143 Å². The minimum absolute atomic E-state index is 0.472. The molecular formula is C32H12F6N6. The predicted molar refractivity (Wildman–Crippen MR) is 142 cm³/mol. The Labute approximate surface area is 246 Å². The minimum atomic E-state index is -1.29. The van der Waals surface area contributed by atoms with E-state index in [1.807, 2.05) is 13.8 Å². The van der Waals surface area contributed by atoms with Gasteiger partial charge in [0, 0.05) is 33.4 Å². The summed E-state index contributed by atoms with van der Waals surface area (Å²) in [6.45, 7) is 4.00. The van der Waals surface area contributed by atoms with Crippen LogP contribution in [0.4, 0.5) is 26.3 Å². The second-order valence-electron chi connectivity index (χ2n) is 8.36. The van der Waals surface area contributed by atoms with Crippen LogP contribution >= 0.6 is 0 Å². The molecule has 0 bridgehead atoms. The summed E-state index contributed by atoms with van der Waals surface area (Å²) >= 11 is 0. The van der Waals surface area contributed by atoms with Gasteiger partial charge in [0.15, 0.2) is 0 Å². The minimum Gasteiger partial charge on any atom is -0.206 e. The number of hydrogen-bond donors (Lipinski definition) is 0. The van der Waals surface area contributed by atoms with Crippen LogP contribution in [0.5, 0.6) is 0 Å². The highest BCUT2D eigenvalue weighted by atomic mass is 19.1. The maximum Gasteiger partial charge on any atom is 0.141 e. The third kappa shape index (κ3) is 5.48. The van der Waals surface area contributed by atoms with E-state index >= 15 is 0 Å². The van der Waals surface area contributed by atoms with Crippen molar-refractivity contribution in [3.05, 3.63) is 121 Å². The van der Waals surface area contributed by atoms with Gasteiger partial charge in [-0.1, -0.05) is 13.8 Å². The van der Waals surface area contributed by atoms with E-state index in [2.05, 4.69) is 0 Å². The summed E-state index contributed by atoms with van der Waals surface area (Å²) in [6, 6.07) is 11.8. The fraction of sp³-hybridized carbons (Fsp3) is 0.0625. The fourth-order valence-electron chi connectivity index (χ4n) is 4.16. The standard InChI is InChI=1S/C30H6F6N6.C2H6/c31-22-4-16(25(34)1-13(22)7-37)19(10-40)28-29(20(11-41)17-5-23(32)14(8-38)2-26(17)35)30(28)21(12-42)18-6-24(33)15(9-39)3-27(18)36;1-2/h1-6H;1-2H3. The van der Waals surface area contributed by atoms with E-state index in [4.69, 9.17) is 15.8 Å². The number of nitrogens with zero attached hydrogens (tertiary/aromatic N) is 6. The van der Waals surface area contributed by atoms with Gasteiger partial charge >= 0.3 is 0 Å². The van der Waals surface area contributed by atoms with Crippen LogP contribution in [-0.4, -0.2) is 0 Å². The highest BCUT2D eigenvalue weighted by Gasteiger charge is 2.43. The molecule has 3 aromatic carbocycles. The first-order valence-electron chi connectivity index (χ1n) is 12.2. The van der Waals surface area contributed by atoms with E-state index in [-0.39, 0.29) is 0 Å². The highest BCUT2D eigenvalue weighted by Crippen LogP contribution is 2.56. The van der Waals surface area contributed by atoms with Gasteiger partial charge in [0.2, 0.25) is 0 Å². The first kappa shape index (κ1) is 31.9. The van der Waals surface area contributed by atoms with Crippen LogP contribution in [0.15, 0.2) is 53.1 Å². The average Bonchev–Trinajstić information content (AvgIpc) is 3.73. The van der Waals surface area contributed by atoms with Crippen LogP contribution in [0.3, 0.4) is 0 Å². The number of nitriles is 6. The lowest BCUT2D eigenvalue weighted by molar-refractivity contribution is 0.594. The molecular weight excluding hydrogens is 582 g/mol. The second kappa shape index (κ2) is 12.9. The quantitative estimate of drug-likeness (QED) is 0.228. The van der Waals surface area contributed by atoms with Crippen molar-refractivity contribution in [2.45, 2.75) is 13.8 Å². The van der Waals surface area contributed by atoms with Crippen LogP contribution in [-0.2, 0) is 0 Å². The van der Waals surface area contributed by atoms with Gasteiger partial charge in [-0.15, -0.1) is 0 Å². The monoisotopic (exact) mass is 594 g/mol. The van der Waals surface area contributed by atoms with E-state index in [1.165, 1.54) is 18.2 Å².